The largest absolute Gasteiger partial charge is 0.489 e. The van der Waals surface area contributed by atoms with E-state index in [1.807, 2.05) is 61.5 Å². The maximum absolute atomic E-state index is 11.6. The molecule has 0 amide bonds. The van der Waals surface area contributed by atoms with Crippen LogP contribution in [0.2, 0.25) is 0 Å². The second-order valence-electron chi connectivity index (χ2n) is 5.48. The van der Waals surface area contributed by atoms with Crippen LogP contribution in [-0.2, 0) is 20.9 Å². The number of ether oxygens (including phenoxy) is 3. The van der Waals surface area contributed by atoms with Gasteiger partial charge in [-0.3, -0.25) is 4.79 Å². The lowest BCUT2D eigenvalue weighted by atomic mass is 9.96. The van der Waals surface area contributed by atoms with Gasteiger partial charge in [-0.25, -0.2) is 0 Å². The van der Waals surface area contributed by atoms with Crippen molar-refractivity contribution in [3.63, 3.8) is 0 Å². The molecule has 2 rings (SSSR count). The lowest BCUT2D eigenvalue weighted by Crippen LogP contribution is -2.14. The predicted molar refractivity (Wildman–Crippen MR) is 93.1 cm³/mol. The summed E-state index contributed by atoms with van der Waals surface area (Å²) in [4.78, 5) is 11.6. The number of hydrogen-bond donors (Lipinski definition) is 0. The Morgan fingerprint density at radius 1 is 1.04 bits per heavy atom. The zero-order valence-electron chi connectivity index (χ0n) is 14.2. The number of carbonyl (C=O) groups is 1. The van der Waals surface area contributed by atoms with E-state index in [4.69, 9.17) is 14.2 Å². The summed E-state index contributed by atoms with van der Waals surface area (Å²) in [6.07, 6.45) is 0.306. The summed E-state index contributed by atoms with van der Waals surface area (Å²) in [7, 11) is 1.40. The molecule has 0 aliphatic carbocycles. The first-order valence-corrected chi connectivity index (χ1v) is 8.14. The van der Waals surface area contributed by atoms with E-state index in [1.165, 1.54) is 7.11 Å². The van der Waals surface area contributed by atoms with Gasteiger partial charge >= 0.3 is 5.97 Å². The minimum absolute atomic E-state index is 0.0134. The number of hydrogen-bond acceptors (Lipinski definition) is 4. The fourth-order valence-electron chi connectivity index (χ4n) is 2.39. The summed E-state index contributed by atoms with van der Waals surface area (Å²) in [6, 6.07) is 17.8. The normalized spacial score (nSPS) is 11.8. The fraction of sp³-hybridized carbons (Fsp3) is 0.350. The van der Waals surface area contributed by atoms with Crippen LogP contribution in [-0.4, -0.2) is 26.3 Å². The molecule has 0 aliphatic rings. The molecule has 0 fully saturated rings. The fourth-order valence-corrected chi connectivity index (χ4v) is 2.39. The maximum Gasteiger partial charge on any atom is 0.306 e. The molecule has 4 nitrogen and oxygen atoms in total. The van der Waals surface area contributed by atoms with E-state index < -0.39 is 0 Å². The Kier molecular flexibility index (Phi) is 7.30. The van der Waals surface area contributed by atoms with Crippen molar-refractivity contribution in [1.82, 2.24) is 0 Å². The molecule has 2 aromatic carbocycles. The van der Waals surface area contributed by atoms with Crippen LogP contribution in [0.3, 0.4) is 0 Å². The topological polar surface area (TPSA) is 44.8 Å². The van der Waals surface area contributed by atoms with Crippen molar-refractivity contribution in [3.05, 3.63) is 65.7 Å². The Balaban J connectivity index is 1.98. The molecule has 24 heavy (non-hydrogen) atoms. The van der Waals surface area contributed by atoms with Gasteiger partial charge in [-0.05, 0) is 30.2 Å². The average Bonchev–Trinajstić information content (AvgIpc) is 2.64. The van der Waals surface area contributed by atoms with E-state index >= 15 is 0 Å². The minimum Gasteiger partial charge on any atom is -0.489 e. The van der Waals surface area contributed by atoms with Crippen molar-refractivity contribution >= 4 is 5.97 Å². The molecule has 0 unspecified atom stereocenters. The first-order chi connectivity index (χ1) is 11.7. The highest BCUT2D eigenvalue weighted by molar-refractivity contribution is 5.70. The second-order valence-corrected chi connectivity index (χ2v) is 5.48. The summed E-state index contributed by atoms with van der Waals surface area (Å²) >= 11 is 0. The van der Waals surface area contributed by atoms with Gasteiger partial charge in [0.25, 0.3) is 0 Å². The van der Waals surface area contributed by atoms with Crippen LogP contribution in [0.15, 0.2) is 54.6 Å². The first kappa shape index (κ1) is 18.0. The summed E-state index contributed by atoms with van der Waals surface area (Å²) in [5, 5.41) is 0. The summed E-state index contributed by atoms with van der Waals surface area (Å²) in [5.41, 5.74) is 2.17. The van der Waals surface area contributed by atoms with Gasteiger partial charge in [0, 0.05) is 12.5 Å². The molecule has 0 saturated heterocycles. The summed E-state index contributed by atoms with van der Waals surface area (Å²) in [5.74, 6) is 0.556. The molecule has 0 aromatic heterocycles. The SMILES string of the molecule is CCOC[C@@H](CC(=O)OC)c1ccc(OCc2ccccc2)cc1. The molecule has 0 heterocycles. The molecule has 0 aliphatic heterocycles. The number of carbonyl (C=O) groups excluding carboxylic acids is 1. The van der Waals surface area contributed by atoms with Crippen molar-refractivity contribution in [2.24, 2.45) is 0 Å². The van der Waals surface area contributed by atoms with Gasteiger partial charge in [-0.2, -0.15) is 0 Å². The molecule has 0 radical (unpaired) electrons. The second kappa shape index (κ2) is 9.73. The van der Waals surface area contributed by atoms with Gasteiger partial charge in [0.05, 0.1) is 20.1 Å². The van der Waals surface area contributed by atoms with Gasteiger partial charge in [0.1, 0.15) is 12.4 Å². The smallest absolute Gasteiger partial charge is 0.306 e. The highest BCUT2D eigenvalue weighted by atomic mass is 16.5. The Hall–Kier alpha value is -2.33. The van der Waals surface area contributed by atoms with Gasteiger partial charge in [0.2, 0.25) is 0 Å². The van der Waals surface area contributed by atoms with E-state index in [1.54, 1.807) is 0 Å². The molecular weight excluding hydrogens is 304 g/mol. The van der Waals surface area contributed by atoms with Crippen molar-refractivity contribution in [2.45, 2.75) is 25.9 Å². The van der Waals surface area contributed by atoms with Gasteiger partial charge < -0.3 is 14.2 Å². The quantitative estimate of drug-likeness (QED) is 0.654. The lowest BCUT2D eigenvalue weighted by molar-refractivity contribution is -0.141. The molecule has 0 saturated carbocycles. The summed E-state index contributed by atoms with van der Waals surface area (Å²) < 4.78 is 16.1. The monoisotopic (exact) mass is 328 g/mol. The van der Waals surface area contributed by atoms with Crippen molar-refractivity contribution in [2.75, 3.05) is 20.3 Å². The minimum atomic E-state index is -0.232. The van der Waals surface area contributed by atoms with Crippen LogP contribution >= 0.6 is 0 Å². The molecule has 128 valence electrons. The standard InChI is InChI=1S/C20H24O4/c1-3-23-15-18(13-20(21)22-2)17-9-11-19(12-10-17)24-14-16-7-5-4-6-8-16/h4-12,18H,3,13-15H2,1-2H3/t18-/m1/s1. The highest BCUT2D eigenvalue weighted by Gasteiger charge is 2.17. The maximum atomic E-state index is 11.6. The van der Waals surface area contributed by atoms with Gasteiger partial charge in [-0.15, -0.1) is 0 Å². The van der Waals surface area contributed by atoms with Crippen LogP contribution in [0.25, 0.3) is 0 Å². The molecule has 2 aromatic rings. The summed E-state index contributed by atoms with van der Waals surface area (Å²) in [6.45, 7) is 3.59. The van der Waals surface area contributed by atoms with Crippen LogP contribution in [0.1, 0.15) is 30.4 Å². The lowest BCUT2D eigenvalue weighted by Gasteiger charge is -2.16. The van der Waals surface area contributed by atoms with E-state index in [2.05, 4.69) is 0 Å². The zero-order chi connectivity index (χ0) is 17.2. The Bertz CT molecular complexity index is 607. The Labute approximate surface area is 143 Å². The Morgan fingerprint density at radius 3 is 2.38 bits per heavy atom. The average molecular weight is 328 g/mol. The van der Waals surface area contributed by atoms with Gasteiger partial charge in [0.15, 0.2) is 0 Å². The van der Waals surface area contributed by atoms with Crippen molar-refractivity contribution < 1.29 is 19.0 Å². The van der Waals surface area contributed by atoms with Crippen molar-refractivity contribution in [1.29, 1.82) is 0 Å². The molecule has 0 N–H and O–H groups in total. The number of methoxy groups -OCH3 is 1. The molecule has 1 atom stereocenters. The van der Waals surface area contributed by atoms with Crippen LogP contribution < -0.4 is 4.74 Å². The third-order valence-corrected chi connectivity index (χ3v) is 3.76. The number of rotatable bonds is 9. The third kappa shape index (κ3) is 5.70. The Morgan fingerprint density at radius 2 is 1.75 bits per heavy atom. The number of esters is 1. The molecular formula is C20H24O4. The highest BCUT2D eigenvalue weighted by Crippen LogP contribution is 2.24. The van der Waals surface area contributed by atoms with E-state index in [0.717, 1.165) is 16.9 Å². The van der Waals surface area contributed by atoms with Crippen LogP contribution in [0.4, 0.5) is 0 Å². The molecule has 0 spiro atoms. The van der Waals surface area contributed by atoms with Crippen molar-refractivity contribution in [3.8, 4) is 5.75 Å². The van der Waals surface area contributed by atoms with Crippen LogP contribution in [0, 0.1) is 0 Å². The van der Waals surface area contributed by atoms with E-state index in [0.29, 0.717) is 26.2 Å². The van der Waals surface area contributed by atoms with Gasteiger partial charge in [-0.1, -0.05) is 42.5 Å². The van der Waals surface area contributed by atoms with E-state index in [-0.39, 0.29) is 11.9 Å². The number of benzene rings is 2. The zero-order valence-corrected chi connectivity index (χ0v) is 14.2. The van der Waals surface area contributed by atoms with E-state index in [9.17, 15) is 4.79 Å². The predicted octanol–water partition coefficient (Wildman–Crippen LogP) is 3.95. The first-order valence-electron chi connectivity index (χ1n) is 8.14. The molecule has 0 bridgehead atoms. The van der Waals surface area contributed by atoms with Crippen LogP contribution in [0.5, 0.6) is 5.75 Å². The third-order valence-electron chi connectivity index (χ3n) is 3.76. The molecule has 4 heteroatoms.